The van der Waals surface area contributed by atoms with Crippen molar-refractivity contribution in [1.29, 1.82) is 0 Å². The van der Waals surface area contributed by atoms with Crippen LogP contribution in [0.15, 0.2) is 66.7 Å². The molecule has 0 saturated carbocycles. The van der Waals surface area contributed by atoms with Crippen LogP contribution < -0.4 is 29.6 Å². The van der Waals surface area contributed by atoms with E-state index in [2.05, 4.69) is 10.2 Å². The Morgan fingerprint density at radius 2 is 1.40 bits per heavy atom. The van der Waals surface area contributed by atoms with Crippen molar-refractivity contribution >= 4 is 42.7 Å². The van der Waals surface area contributed by atoms with Crippen LogP contribution in [0, 0.1) is 0 Å². The molecule has 0 heterocycles. The molecule has 4 aromatic carbocycles. The predicted molar refractivity (Wildman–Crippen MR) is 95.3 cm³/mol. The van der Waals surface area contributed by atoms with E-state index in [0.717, 1.165) is 37.9 Å². The van der Waals surface area contributed by atoms with Crippen LogP contribution in [0.5, 0.6) is 0 Å². The topological polar surface area (TPSA) is 63.6 Å². The Balaban J connectivity index is 0.00000182. The minimum atomic E-state index is -4.50. The average molecular weight is 361 g/mol. The summed E-state index contributed by atoms with van der Waals surface area (Å²) in [4.78, 5) is 0. The first-order valence-electron chi connectivity index (χ1n) is 7.47. The maximum atomic E-state index is 11.0. The molecule has 0 spiro atoms. The quantitative estimate of drug-likeness (QED) is 0.260. The first kappa shape index (κ1) is 18.3. The summed E-state index contributed by atoms with van der Waals surface area (Å²) in [6.07, 6.45) is 0. The summed E-state index contributed by atoms with van der Waals surface area (Å²) in [5, 5.41) is 6.05. The van der Waals surface area contributed by atoms with Crippen molar-refractivity contribution in [2.75, 3.05) is 0 Å². The minimum Gasteiger partial charge on any atom is -0.264 e. The number of hydrogen-bond donors (Lipinski definition) is 1. The molecule has 120 valence electrons. The van der Waals surface area contributed by atoms with Gasteiger partial charge in [0, 0.05) is 0 Å². The molecule has 0 aliphatic heterocycles. The molecule has 4 nitrogen and oxygen atoms in total. The summed E-state index contributed by atoms with van der Waals surface area (Å²) in [6, 6.07) is 21.8. The molecule has 0 amide bonds. The Bertz CT molecular complexity index is 1190. The smallest absolute Gasteiger partial charge is 0.264 e. The normalized spacial score (nSPS) is 11.7. The first-order chi connectivity index (χ1) is 11.5. The van der Waals surface area contributed by atoms with E-state index in [4.69, 9.17) is 4.55 Å². The summed E-state index contributed by atoms with van der Waals surface area (Å²) in [7, 11) is -4.50. The van der Waals surface area contributed by atoms with Crippen LogP contribution in [0.25, 0.3) is 32.3 Å². The third-order valence-corrected chi connectivity index (χ3v) is 4.65. The zero-order chi connectivity index (χ0) is 16.7. The van der Waals surface area contributed by atoms with Crippen molar-refractivity contribution < 1.29 is 46.7 Å². The molecule has 0 aliphatic rings. The standard InChI is InChI=1S/C19H14O4S.Na/c20-24(21,22)23-12-19-16-8-4-2-6-14(16)11-18-15-7-3-1-5-13(15)9-10-17(18)19;/h1-11H,12H2,(H,20,21,22);/q;+1. The molecule has 0 atom stereocenters. The molecule has 0 aromatic heterocycles. The fraction of sp³-hybridized carbons (Fsp3) is 0.0526. The van der Waals surface area contributed by atoms with E-state index >= 15 is 0 Å². The SMILES string of the molecule is O=S(=O)(O)OCc1c2ccccc2cc2c1ccc1ccccc12.[Na+]. The Kier molecular flexibility index (Phi) is 5.16. The van der Waals surface area contributed by atoms with Crippen LogP contribution in [-0.2, 0) is 21.2 Å². The maximum absolute atomic E-state index is 11.0. The Labute approximate surface area is 167 Å². The van der Waals surface area contributed by atoms with E-state index in [1.54, 1.807) is 0 Å². The Hall–Kier alpha value is -1.47. The number of hydrogen-bond acceptors (Lipinski definition) is 3. The van der Waals surface area contributed by atoms with Gasteiger partial charge in [0.15, 0.2) is 0 Å². The number of fused-ring (bicyclic) bond motifs is 4. The van der Waals surface area contributed by atoms with Gasteiger partial charge in [0.05, 0.1) is 6.61 Å². The zero-order valence-corrected chi connectivity index (χ0v) is 16.5. The summed E-state index contributed by atoms with van der Waals surface area (Å²) < 4.78 is 35.7. The third kappa shape index (κ3) is 3.58. The van der Waals surface area contributed by atoms with E-state index in [1.165, 1.54) is 0 Å². The molecule has 4 rings (SSSR count). The van der Waals surface area contributed by atoms with Crippen LogP contribution >= 0.6 is 0 Å². The third-order valence-electron chi connectivity index (χ3n) is 4.23. The second kappa shape index (κ2) is 7.03. The largest absolute Gasteiger partial charge is 1.00 e. The molecular formula is C19H14NaO4S+. The van der Waals surface area contributed by atoms with Gasteiger partial charge in [0.1, 0.15) is 0 Å². The minimum absolute atomic E-state index is 0. The fourth-order valence-electron chi connectivity index (χ4n) is 3.20. The second-order valence-electron chi connectivity index (χ2n) is 5.65. The van der Waals surface area contributed by atoms with Gasteiger partial charge in [0.25, 0.3) is 0 Å². The van der Waals surface area contributed by atoms with Crippen LogP contribution in [-0.4, -0.2) is 13.0 Å². The van der Waals surface area contributed by atoms with Crippen LogP contribution in [0.2, 0.25) is 0 Å². The Morgan fingerprint density at radius 3 is 2.12 bits per heavy atom. The van der Waals surface area contributed by atoms with Gasteiger partial charge in [-0.2, -0.15) is 8.42 Å². The molecule has 0 unspecified atom stereocenters. The molecule has 6 heteroatoms. The van der Waals surface area contributed by atoms with Gasteiger partial charge in [0.2, 0.25) is 0 Å². The van der Waals surface area contributed by atoms with Crippen LogP contribution in [0.4, 0.5) is 0 Å². The van der Waals surface area contributed by atoms with Crippen LogP contribution in [0.1, 0.15) is 5.56 Å². The molecule has 0 fully saturated rings. The number of rotatable bonds is 3. The van der Waals surface area contributed by atoms with Gasteiger partial charge < -0.3 is 0 Å². The van der Waals surface area contributed by atoms with Crippen molar-refractivity contribution in [2.45, 2.75) is 6.61 Å². The fourth-order valence-corrected chi connectivity index (χ4v) is 3.47. The molecule has 4 aromatic rings. The van der Waals surface area contributed by atoms with E-state index in [0.29, 0.717) is 0 Å². The molecule has 0 saturated heterocycles. The first-order valence-corrected chi connectivity index (χ1v) is 8.83. The molecule has 0 bridgehead atoms. The maximum Gasteiger partial charge on any atom is 1.00 e. The van der Waals surface area contributed by atoms with E-state index in [9.17, 15) is 8.42 Å². The van der Waals surface area contributed by atoms with Crippen molar-refractivity contribution in [3.8, 4) is 0 Å². The van der Waals surface area contributed by atoms with Crippen molar-refractivity contribution in [2.24, 2.45) is 0 Å². The molecule has 0 aliphatic carbocycles. The number of benzene rings is 4. The van der Waals surface area contributed by atoms with Gasteiger partial charge in [-0.25, -0.2) is 4.18 Å². The van der Waals surface area contributed by atoms with Gasteiger partial charge in [-0.05, 0) is 43.9 Å². The molecular weight excluding hydrogens is 347 g/mol. The molecule has 25 heavy (non-hydrogen) atoms. The van der Waals surface area contributed by atoms with Gasteiger partial charge >= 0.3 is 40.0 Å². The Morgan fingerprint density at radius 1 is 0.760 bits per heavy atom. The second-order valence-corrected chi connectivity index (χ2v) is 6.74. The van der Waals surface area contributed by atoms with Gasteiger partial charge in [-0.3, -0.25) is 4.55 Å². The van der Waals surface area contributed by atoms with Crippen molar-refractivity contribution in [3.05, 3.63) is 72.3 Å². The average Bonchev–Trinajstić information content (AvgIpc) is 2.57. The van der Waals surface area contributed by atoms with E-state index < -0.39 is 10.4 Å². The summed E-state index contributed by atoms with van der Waals surface area (Å²) in [5.41, 5.74) is 0.742. The molecule has 1 N–H and O–H groups in total. The summed E-state index contributed by atoms with van der Waals surface area (Å²) >= 11 is 0. The monoisotopic (exact) mass is 361 g/mol. The van der Waals surface area contributed by atoms with Crippen molar-refractivity contribution in [3.63, 3.8) is 0 Å². The van der Waals surface area contributed by atoms with Gasteiger partial charge in [-0.1, -0.05) is 60.7 Å². The predicted octanol–water partition coefficient (Wildman–Crippen LogP) is 1.47. The van der Waals surface area contributed by atoms with E-state index in [1.807, 2.05) is 60.7 Å². The zero-order valence-electron chi connectivity index (χ0n) is 13.6. The summed E-state index contributed by atoms with van der Waals surface area (Å²) in [5.74, 6) is 0. The van der Waals surface area contributed by atoms with Gasteiger partial charge in [-0.15, -0.1) is 0 Å². The van der Waals surface area contributed by atoms with E-state index in [-0.39, 0.29) is 36.2 Å². The van der Waals surface area contributed by atoms with Crippen LogP contribution in [0.3, 0.4) is 0 Å². The molecule has 0 radical (unpaired) electrons. The summed E-state index contributed by atoms with van der Waals surface area (Å²) in [6.45, 7) is -0.213. The van der Waals surface area contributed by atoms with Crippen molar-refractivity contribution in [1.82, 2.24) is 0 Å².